The van der Waals surface area contributed by atoms with Gasteiger partial charge in [-0.1, -0.05) is 41.8 Å². The zero-order valence-corrected chi connectivity index (χ0v) is 11.0. The molecular weight excluding hydrogens is 248 g/mol. The van der Waals surface area contributed by atoms with Gasteiger partial charge in [0.2, 0.25) is 0 Å². The molecule has 0 atom stereocenters. The molecule has 0 fully saturated rings. The van der Waals surface area contributed by atoms with E-state index in [9.17, 15) is 0 Å². The standard InChI is InChI=1S/C13H13ClN4/c1-18(2)9-5-8-15-13-11-7-4-3-6-10(11)12(14)16-17-13/h3-4,6-7H,8H2,1-2H3,(H,15,17). The molecule has 0 aliphatic heterocycles. The first-order valence-electron chi connectivity index (χ1n) is 5.49. The number of nitrogens with zero attached hydrogens (tertiary/aromatic N) is 3. The van der Waals surface area contributed by atoms with Crippen molar-refractivity contribution in [3.63, 3.8) is 0 Å². The normalized spacial score (nSPS) is 9.72. The van der Waals surface area contributed by atoms with Crippen LogP contribution in [0.3, 0.4) is 0 Å². The topological polar surface area (TPSA) is 41.0 Å². The minimum atomic E-state index is 0.413. The first-order chi connectivity index (χ1) is 8.68. The second kappa shape index (κ2) is 5.56. The molecule has 0 spiro atoms. The summed E-state index contributed by atoms with van der Waals surface area (Å²) in [7, 11) is 3.79. The summed E-state index contributed by atoms with van der Waals surface area (Å²) in [6, 6.07) is 10.7. The number of hydrogen-bond donors (Lipinski definition) is 1. The van der Waals surface area contributed by atoms with Gasteiger partial charge >= 0.3 is 0 Å². The van der Waals surface area contributed by atoms with E-state index in [1.54, 1.807) is 4.90 Å². The molecule has 1 aromatic heterocycles. The molecule has 0 bridgehead atoms. The SMILES string of the molecule is CN(C)C#CCNc1nnc(Cl)c2ccccc12. The lowest BCUT2D eigenvalue weighted by Gasteiger charge is -2.06. The van der Waals surface area contributed by atoms with E-state index in [2.05, 4.69) is 27.5 Å². The number of aromatic nitrogens is 2. The van der Waals surface area contributed by atoms with Gasteiger partial charge in [0.15, 0.2) is 11.0 Å². The van der Waals surface area contributed by atoms with Crippen LogP contribution in [-0.2, 0) is 0 Å². The largest absolute Gasteiger partial charge is 0.357 e. The number of rotatable bonds is 2. The molecule has 18 heavy (non-hydrogen) atoms. The van der Waals surface area contributed by atoms with E-state index in [4.69, 9.17) is 11.6 Å². The van der Waals surface area contributed by atoms with Gasteiger partial charge in [-0.25, -0.2) is 0 Å². The average molecular weight is 261 g/mol. The lowest BCUT2D eigenvalue weighted by atomic mass is 10.2. The van der Waals surface area contributed by atoms with Crippen molar-refractivity contribution in [3.8, 4) is 12.0 Å². The second-order valence-electron chi connectivity index (χ2n) is 3.92. The van der Waals surface area contributed by atoms with Crippen molar-refractivity contribution in [2.75, 3.05) is 26.0 Å². The zero-order valence-electron chi connectivity index (χ0n) is 10.2. The molecule has 0 saturated carbocycles. The molecule has 0 unspecified atom stereocenters. The van der Waals surface area contributed by atoms with Gasteiger partial charge in [0.1, 0.15) is 0 Å². The summed E-state index contributed by atoms with van der Waals surface area (Å²) in [5, 5.41) is 13.3. The third-order valence-electron chi connectivity index (χ3n) is 2.29. The Bertz CT molecular complexity index is 613. The van der Waals surface area contributed by atoms with Crippen LogP contribution in [0.1, 0.15) is 0 Å². The first-order valence-corrected chi connectivity index (χ1v) is 5.87. The molecule has 0 saturated heterocycles. The summed E-state index contributed by atoms with van der Waals surface area (Å²) in [6.45, 7) is 0.512. The van der Waals surface area contributed by atoms with Crippen molar-refractivity contribution < 1.29 is 0 Å². The minimum absolute atomic E-state index is 0.413. The highest BCUT2D eigenvalue weighted by atomic mass is 35.5. The summed E-state index contributed by atoms with van der Waals surface area (Å²) >= 11 is 6.00. The first kappa shape index (κ1) is 12.5. The Morgan fingerprint density at radius 2 is 1.94 bits per heavy atom. The molecule has 1 aromatic carbocycles. The predicted octanol–water partition coefficient (Wildman–Crippen LogP) is 2.22. The minimum Gasteiger partial charge on any atom is -0.357 e. The maximum absolute atomic E-state index is 6.00. The maximum Gasteiger partial charge on any atom is 0.159 e. The molecule has 92 valence electrons. The summed E-state index contributed by atoms with van der Waals surface area (Å²) in [6.07, 6.45) is 0. The van der Waals surface area contributed by atoms with Gasteiger partial charge in [-0.05, 0) is 0 Å². The highest BCUT2D eigenvalue weighted by Crippen LogP contribution is 2.25. The van der Waals surface area contributed by atoms with Gasteiger partial charge in [-0.15, -0.1) is 10.2 Å². The molecule has 0 amide bonds. The Morgan fingerprint density at radius 1 is 1.22 bits per heavy atom. The van der Waals surface area contributed by atoms with E-state index < -0.39 is 0 Å². The molecular formula is C13H13ClN4. The predicted molar refractivity (Wildman–Crippen MR) is 74.5 cm³/mol. The van der Waals surface area contributed by atoms with Gasteiger partial charge < -0.3 is 10.2 Å². The smallest absolute Gasteiger partial charge is 0.159 e. The Balaban J connectivity index is 2.25. The van der Waals surface area contributed by atoms with E-state index in [-0.39, 0.29) is 0 Å². The highest BCUT2D eigenvalue weighted by Gasteiger charge is 2.05. The molecule has 0 aliphatic rings. The maximum atomic E-state index is 6.00. The van der Waals surface area contributed by atoms with Crippen LogP contribution in [0.25, 0.3) is 10.8 Å². The molecule has 5 heteroatoms. The Labute approximate surface area is 111 Å². The molecule has 1 N–H and O–H groups in total. The molecule has 0 radical (unpaired) electrons. The van der Waals surface area contributed by atoms with Crippen molar-refractivity contribution >= 4 is 28.2 Å². The number of nitrogens with one attached hydrogen (secondary N) is 1. The van der Waals surface area contributed by atoms with Crippen LogP contribution in [0.2, 0.25) is 5.15 Å². The van der Waals surface area contributed by atoms with Gasteiger partial charge in [0.25, 0.3) is 0 Å². The van der Waals surface area contributed by atoms with E-state index in [1.807, 2.05) is 38.4 Å². The van der Waals surface area contributed by atoms with Crippen LogP contribution < -0.4 is 5.32 Å². The number of halogens is 1. The number of fused-ring (bicyclic) bond motifs is 1. The Kier molecular flexibility index (Phi) is 3.85. The number of anilines is 1. The van der Waals surface area contributed by atoms with Crippen LogP contribution in [0.15, 0.2) is 24.3 Å². The van der Waals surface area contributed by atoms with Crippen molar-refractivity contribution in [2.45, 2.75) is 0 Å². The molecule has 1 heterocycles. The number of hydrogen-bond acceptors (Lipinski definition) is 4. The fourth-order valence-electron chi connectivity index (χ4n) is 1.53. The Morgan fingerprint density at radius 3 is 2.67 bits per heavy atom. The van der Waals surface area contributed by atoms with Crippen molar-refractivity contribution in [1.82, 2.24) is 15.1 Å². The van der Waals surface area contributed by atoms with E-state index >= 15 is 0 Å². The van der Waals surface area contributed by atoms with Crippen LogP contribution >= 0.6 is 11.6 Å². The molecule has 2 rings (SSSR count). The van der Waals surface area contributed by atoms with E-state index in [0.717, 1.165) is 10.8 Å². The molecule has 2 aromatic rings. The van der Waals surface area contributed by atoms with Gasteiger partial charge in [-0.2, -0.15) is 0 Å². The molecule has 0 aliphatic carbocycles. The van der Waals surface area contributed by atoms with Crippen LogP contribution in [-0.4, -0.2) is 35.7 Å². The average Bonchev–Trinajstić information content (AvgIpc) is 2.37. The van der Waals surface area contributed by atoms with Gasteiger partial charge in [0, 0.05) is 30.9 Å². The second-order valence-corrected chi connectivity index (χ2v) is 4.28. The summed E-state index contributed by atoms with van der Waals surface area (Å²) in [5.74, 6) is 3.67. The van der Waals surface area contributed by atoms with E-state index in [1.165, 1.54) is 0 Å². The molecule has 4 nitrogen and oxygen atoms in total. The number of benzene rings is 1. The third-order valence-corrected chi connectivity index (χ3v) is 2.57. The fraction of sp³-hybridized carbons (Fsp3) is 0.231. The van der Waals surface area contributed by atoms with Crippen molar-refractivity contribution in [2.24, 2.45) is 0 Å². The summed E-state index contributed by atoms with van der Waals surface area (Å²) < 4.78 is 0. The third kappa shape index (κ3) is 2.82. The quantitative estimate of drug-likeness (QED) is 0.664. The van der Waals surface area contributed by atoms with Crippen LogP contribution in [0.4, 0.5) is 5.82 Å². The monoisotopic (exact) mass is 260 g/mol. The lowest BCUT2D eigenvalue weighted by molar-refractivity contribution is 0.597. The van der Waals surface area contributed by atoms with Gasteiger partial charge in [0.05, 0.1) is 6.54 Å². The highest BCUT2D eigenvalue weighted by molar-refractivity contribution is 6.34. The zero-order chi connectivity index (χ0) is 13.0. The summed E-state index contributed by atoms with van der Waals surface area (Å²) in [5.41, 5.74) is 0. The van der Waals surface area contributed by atoms with Crippen molar-refractivity contribution in [3.05, 3.63) is 29.4 Å². The fourth-order valence-corrected chi connectivity index (χ4v) is 1.73. The lowest BCUT2D eigenvalue weighted by Crippen LogP contribution is -2.06. The van der Waals surface area contributed by atoms with Crippen LogP contribution in [0, 0.1) is 12.0 Å². The Hall–Kier alpha value is -1.99. The van der Waals surface area contributed by atoms with Gasteiger partial charge in [-0.3, -0.25) is 0 Å². The summed E-state index contributed by atoms with van der Waals surface area (Å²) in [4.78, 5) is 1.80. The van der Waals surface area contributed by atoms with E-state index in [0.29, 0.717) is 17.5 Å². The van der Waals surface area contributed by atoms with Crippen LogP contribution in [0.5, 0.6) is 0 Å². The van der Waals surface area contributed by atoms with Crippen molar-refractivity contribution in [1.29, 1.82) is 0 Å².